The van der Waals surface area contributed by atoms with E-state index in [9.17, 15) is 9.90 Å². The van der Waals surface area contributed by atoms with Crippen LogP contribution in [0.2, 0.25) is 0 Å². The number of anilines is 1. The van der Waals surface area contributed by atoms with Crippen molar-refractivity contribution < 1.29 is 9.90 Å². The van der Waals surface area contributed by atoms with Crippen molar-refractivity contribution in [3.63, 3.8) is 0 Å². The van der Waals surface area contributed by atoms with Crippen LogP contribution in [-0.4, -0.2) is 48.2 Å². The zero-order valence-corrected chi connectivity index (χ0v) is 13.1. The Kier molecular flexibility index (Phi) is 5.62. The second kappa shape index (κ2) is 7.46. The van der Waals surface area contributed by atoms with Crippen LogP contribution in [0.15, 0.2) is 24.3 Å². The van der Waals surface area contributed by atoms with E-state index < -0.39 is 0 Å². The smallest absolute Gasteiger partial charge is 0.253 e. The standard InChI is InChI=1S/C17H26N2O2/c1-3-11-18(4-2)15-9-7-14(8-10-15)17(21)19-12-5-6-16(20)13-19/h7-10,16,20H,3-6,11-13H2,1-2H3. The van der Waals surface area contributed by atoms with E-state index in [1.54, 1.807) is 4.90 Å². The van der Waals surface area contributed by atoms with E-state index in [0.29, 0.717) is 12.1 Å². The van der Waals surface area contributed by atoms with E-state index in [1.807, 2.05) is 24.3 Å². The number of piperidine rings is 1. The Labute approximate surface area is 127 Å². The van der Waals surface area contributed by atoms with Crippen LogP contribution >= 0.6 is 0 Å². The second-order valence-corrected chi connectivity index (χ2v) is 5.67. The lowest BCUT2D eigenvalue weighted by molar-refractivity contribution is 0.0474. The summed E-state index contributed by atoms with van der Waals surface area (Å²) in [6.45, 7) is 7.51. The number of benzene rings is 1. The van der Waals surface area contributed by atoms with Crippen LogP contribution in [0.3, 0.4) is 0 Å². The zero-order valence-electron chi connectivity index (χ0n) is 13.1. The van der Waals surface area contributed by atoms with Crippen LogP contribution < -0.4 is 4.90 Å². The monoisotopic (exact) mass is 290 g/mol. The van der Waals surface area contributed by atoms with Crippen LogP contribution in [0.5, 0.6) is 0 Å². The Hall–Kier alpha value is -1.55. The second-order valence-electron chi connectivity index (χ2n) is 5.67. The molecule has 2 rings (SSSR count). The number of aliphatic hydroxyl groups excluding tert-OH is 1. The summed E-state index contributed by atoms with van der Waals surface area (Å²) in [7, 11) is 0. The normalized spacial score (nSPS) is 18.6. The van der Waals surface area contributed by atoms with Gasteiger partial charge in [0.25, 0.3) is 5.91 Å². The minimum atomic E-state index is -0.373. The molecular formula is C17H26N2O2. The summed E-state index contributed by atoms with van der Waals surface area (Å²) >= 11 is 0. The molecule has 0 radical (unpaired) electrons. The van der Waals surface area contributed by atoms with E-state index in [-0.39, 0.29) is 12.0 Å². The van der Waals surface area contributed by atoms with Crippen LogP contribution in [0.25, 0.3) is 0 Å². The maximum absolute atomic E-state index is 12.4. The molecule has 116 valence electrons. The first-order chi connectivity index (χ1) is 10.2. The number of β-amino-alcohol motifs (C(OH)–C–C–N with tert-alkyl or cyclic N) is 1. The molecule has 1 heterocycles. The summed E-state index contributed by atoms with van der Waals surface area (Å²) in [5.41, 5.74) is 1.87. The van der Waals surface area contributed by atoms with Gasteiger partial charge < -0.3 is 14.9 Å². The van der Waals surface area contributed by atoms with Crippen LogP contribution in [-0.2, 0) is 0 Å². The molecule has 1 aliphatic heterocycles. The number of rotatable bonds is 5. The molecule has 0 aromatic heterocycles. The summed E-state index contributed by atoms with van der Waals surface area (Å²) in [4.78, 5) is 16.5. The Balaban J connectivity index is 2.05. The molecule has 1 amide bonds. The predicted octanol–water partition coefficient (Wildman–Crippen LogP) is 2.52. The van der Waals surface area contributed by atoms with E-state index in [2.05, 4.69) is 18.7 Å². The maximum atomic E-state index is 12.4. The van der Waals surface area contributed by atoms with Gasteiger partial charge >= 0.3 is 0 Å². The van der Waals surface area contributed by atoms with Crippen LogP contribution in [0.1, 0.15) is 43.5 Å². The molecule has 1 aromatic carbocycles. The summed E-state index contributed by atoms with van der Waals surface area (Å²) in [6, 6.07) is 7.84. The van der Waals surface area contributed by atoms with Crippen LogP contribution in [0.4, 0.5) is 5.69 Å². The number of carbonyl (C=O) groups is 1. The Morgan fingerprint density at radius 3 is 2.62 bits per heavy atom. The Bertz CT molecular complexity index is 458. The molecular weight excluding hydrogens is 264 g/mol. The lowest BCUT2D eigenvalue weighted by Crippen LogP contribution is -2.42. The predicted molar refractivity (Wildman–Crippen MR) is 85.8 cm³/mol. The summed E-state index contributed by atoms with van der Waals surface area (Å²) in [5, 5.41) is 9.68. The third-order valence-electron chi connectivity index (χ3n) is 4.04. The van der Waals surface area contributed by atoms with Gasteiger partial charge in [0.1, 0.15) is 0 Å². The Morgan fingerprint density at radius 1 is 1.33 bits per heavy atom. The fourth-order valence-electron chi connectivity index (χ4n) is 2.88. The van der Waals surface area contributed by atoms with Gasteiger partial charge in [0.2, 0.25) is 0 Å². The lowest BCUT2D eigenvalue weighted by Gasteiger charge is -2.30. The minimum absolute atomic E-state index is 0.0267. The first kappa shape index (κ1) is 15.8. The average Bonchev–Trinajstić information content (AvgIpc) is 2.52. The summed E-state index contributed by atoms with van der Waals surface area (Å²) in [6.07, 6.45) is 2.42. The van der Waals surface area contributed by atoms with Crippen LogP contribution in [0, 0.1) is 0 Å². The van der Waals surface area contributed by atoms with Gasteiger partial charge in [0, 0.05) is 37.4 Å². The topological polar surface area (TPSA) is 43.8 Å². The summed E-state index contributed by atoms with van der Waals surface area (Å²) < 4.78 is 0. The highest BCUT2D eigenvalue weighted by molar-refractivity contribution is 5.94. The number of nitrogens with zero attached hydrogens (tertiary/aromatic N) is 2. The average molecular weight is 290 g/mol. The van der Waals surface area contributed by atoms with E-state index in [1.165, 1.54) is 0 Å². The molecule has 1 unspecified atom stereocenters. The first-order valence-electron chi connectivity index (χ1n) is 7.98. The molecule has 1 N–H and O–H groups in total. The van der Waals surface area contributed by atoms with Crippen molar-refractivity contribution in [3.8, 4) is 0 Å². The number of aliphatic hydroxyl groups is 1. The Morgan fingerprint density at radius 2 is 2.05 bits per heavy atom. The molecule has 4 nitrogen and oxygen atoms in total. The minimum Gasteiger partial charge on any atom is -0.391 e. The molecule has 1 aliphatic rings. The van der Waals surface area contributed by atoms with Gasteiger partial charge in [-0.25, -0.2) is 0 Å². The quantitative estimate of drug-likeness (QED) is 0.906. The first-order valence-corrected chi connectivity index (χ1v) is 7.98. The molecule has 1 saturated heterocycles. The van der Waals surface area contributed by atoms with Crippen molar-refractivity contribution in [1.29, 1.82) is 0 Å². The molecule has 1 aromatic rings. The molecule has 0 bridgehead atoms. The van der Waals surface area contributed by atoms with Gasteiger partial charge in [-0.2, -0.15) is 0 Å². The van der Waals surface area contributed by atoms with Gasteiger partial charge in [0.05, 0.1) is 6.10 Å². The van der Waals surface area contributed by atoms with Gasteiger partial charge in [-0.05, 0) is 50.5 Å². The number of likely N-dealkylation sites (tertiary alicyclic amines) is 1. The fraction of sp³-hybridized carbons (Fsp3) is 0.588. The van der Waals surface area contributed by atoms with E-state index in [4.69, 9.17) is 0 Å². The third kappa shape index (κ3) is 3.97. The third-order valence-corrected chi connectivity index (χ3v) is 4.04. The highest BCUT2D eigenvalue weighted by Crippen LogP contribution is 2.18. The molecule has 21 heavy (non-hydrogen) atoms. The number of hydrogen-bond acceptors (Lipinski definition) is 3. The van der Waals surface area contributed by atoms with Crippen molar-refractivity contribution in [2.45, 2.75) is 39.2 Å². The van der Waals surface area contributed by atoms with Crippen molar-refractivity contribution in [3.05, 3.63) is 29.8 Å². The summed E-state index contributed by atoms with van der Waals surface area (Å²) in [5.74, 6) is 0.0267. The van der Waals surface area contributed by atoms with Gasteiger partial charge in [-0.1, -0.05) is 6.92 Å². The van der Waals surface area contributed by atoms with Gasteiger partial charge in [-0.15, -0.1) is 0 Å². The molecule has 4 heteroatoms. The van der Waals surface area contributed by atoms with Gasteiger partial charge in [0.15, 0.2) is 0 Å². The highest BCUT2D eigenvalue weighted by atomic mass is 16.3. The fourth-order valence-corrected chi connectivity index (χ4v) is 2.88. The molecule has 0 spiro atoms. The molecule has 1 fully saturated rings. The van der Waals surface area contributed by atoms with Crippen molar-refractivity contribution >= 4 is 11.6 Å². The number of carbonyl (C=O) groups excluding carboxylic acids is 1. The largest absolute Gasteiger partial charge is 0.391 e. The SMILES string of the molecule is CCCN(CC)c1ccc(C(=O)N2CCCC(O)C2)cc1. The van der Waals surface area contributed by atoms with Crippen molar-refractivity contribution in [1.82, 2.24) is 4.90 Å². The lowest BCUT2D eigenvalue weighted by atomic mass is 10.1. The van der Waals surface area contributed by atoms with E-state index >= 15 is 0 Å². The highest BCUT2D eigenvalue weighted by Gasteiger charge is 2.22. The van der Waals surface area contributed by atoms with Crippen molar-refractivity contribution in [2.24, 2.45) is 0 Å². The zero-order chi connectivity index (χ0) is 15.2. The number of hydrogen-bond donors (Lipinski definition) is 1. The molecule has 0 saturated carbocycles. The molecule has 1 atom stereocenters. The van der Waals surface area contributed by atoms with Gasteiger partial charge in [-0.3, -0.25) is 4.79 Å². The molecule has 0 aliphatic carbocycles. The van der Waals surface area contributed by atoms with Crippen molar-refractivity contribution in [2.75, 3.05) is 31.1 Å². The number of amides is 1. The maximum Gasteiger partial charge on any atom is 0.253 e. The van der Waals surface area contributed by atoms with E-state index in [0.717, 1.165) is 44.6 Å².